The van der Waals surface area contributed by atoms with E-state index in [1.165, 1.54) is 30.3 Å². The van der Waals surface area contributed by atoms with Crippen molar-refractivity contribution < 1.29 is 44.5 Å². The lowest BCUT2D eigenvalue weighted by Crippen LogP contribution is -2.54. The Bertz CT molecular complexity index is 1140. The summed E-state index contributed by atoms with van der Waals surface area (Å²) in [5.74, 6) is -1.53. The monoisotopic (exact) mass is 418 g/mol. The minimum atomic E-state index is -1.56. The molecule has 158 valence electrons. The molecule has 2 heterocycles. The van der Waals surface area contributed by atoms with Crippen LogP contribution in [0.2, 0.25) is 0 Å². The Morgan fingerprint density at radius 2 is 1.67 bits per heavy atom. The zero-order valence-electron chi connectivity index (χ0n) is 15.3. The van der Waals surface area contributed by atoms with Gasteiger partial charge < -0.3 is 44.5 Å². The third kappa shape index (κ3) is 3.42. The third-order valence-electron chi connectivity index (χ3n) is 4.76. The Morgan fingerprint density at radius 3 is 2.37 bits per heavy atom. The molecule has 0 radical (unpaired) electrons. The molecule has 0 spiro atoms. The molecule has 6 N–H and O–H groups in total. The number of phenolic OH excluding ortho intramolecular Hbond substituents is 2. The summed E-state index contributed by atoms with van der Waals surface area (Å²) >= 11 is 0. The predicted molar refractivity (Wildman–Crippen MR) is 101 cm³/mol. The van der Waals surface area contributed by atoms with E-state index in [-0.39, 0.29) is 34.8 Å². The molecule has 4 rings (SSSR count). The number of fused-ring (bicyclic) bond motifs is 1. The maximum absolute atomic E-state index is 12.6. The Hall–Kier alpha value is -3.31. The van der Waals surface area contributed by atoms with Gasteiger partial charge in [-0.15, -0.1) is 0 Å². The second-order valence-corrected chi connectivity index (χ2v) is 6.84. The molecular formula is C20H18O10. The van der Waals surface area contributed by atoms with Crippen LogP contribution in [0.5, 0.6) is 23.0 Å². The number of hydrogen-bond donors (Lipinski definition) is 6. The third-order valence-corrected chi connectivity index (χ3v) is 4.76. The summed E-state index contributed by atoms with van der Waals surface area (Å²) in [4.78, 5) is 12.6. The van der Waals surface area contributed by atoms with E-state index in [1.807, 2.05) is 0 Å². The highest BCUT2D eigenvalue weighted by molar-refractivity contribution is 5.88. The van der Waals surface area contributed by atoms with Crippen molar-refractivity contribution >= 4 is 11.0 Å². The van der Waals surface area contributed by atoms with E-state index >= 15 is 0 Å². The zero-order chi connectivity index (χ0) is 21.6. The fraction of sp³-hybridized carbons (Fsp3) is 0.250. The van der Waals surface area contributed by atoms with Crippen LogP contribution >= 0.6 is 0 Å². The van der Waals surface area contributed by atoms with Gasteiger partial charge in [0.2, 0.25) is 17.5 Å². The van der Waals surface area contributed by atoms with E-state index in [2.05, 4.69) is 0 Å². The van der Waals surface area contributed by atoms with Gasteiger partial charge in [-0.2, -0.15) is 0 Å². The number of rotatable bonds is 3. The molecule has 1 aliphatic rings. The molecule has 1 saturated heterocycles. The molecule has 0 amide bonds. The van der Waals surface area contributed by atoms with Gasteiger partial charge in [0.1, 0.15) is 46.5 Å². The van der Waals surface area contributed by atoms with Gasteiger partial charge in [-0.1, -0.05) is 0 Å². The molecule has 0 bridgehead atoms. The van der Waals surface area contributed by atoms with Crippen LogP contribution in [0.25, 0.3) is 22.3 Å². The smallest absolute Gasteiger partial charge is 0.238 e. The predicted octanol–water partition coefficient (Wildman–Crippen LogP) is 0.395. The highest BCUT2D eigenvalue weighted by Gasteiger charge is 2.39. The number of phenols is 2. The molecule has 1 aliphatic heterocycles. The standard InChI is InChI=1S/C20H18O10/c21-9-3-1-8(2-4-9)19-17(26)16(25)14-11(22)5-10(6-13(14)30-19)29-20-18(27)15(24)12(23)7-28-20/h1-6,12,15,18,20-24,26-27H,7H2/t12-,15-,18+,20-/m1/s1. The first-order valence-corrected chi connectivity index (χ1v) is 8.91. The van der Waals surface area contributed by atoms with Crippen molar-refractivity contribution in [2.45, 2.75) is 24.6 Å². The van der Waals surface area contributed by atoms with Crippen LogP contribution in [0.3, 0.4) is 0 Å². The van der Waals surface area contributed by atoms with Crippen molar-refractivity contribution in [1.29, 1.82) is 0 Å². The largest absolute Gasteiger partial charge is 0.508 e. The molecule has 1 fully saturated rings. The van der Waals surface area contributed by atoms with Crippen molar-refractivity contribution in [3.05, 3.63) is 46.6 Å². The molecule has 30 heavy (non-hydrogen) atoms. The van der Waals surface area contributed by atoms with E-state index < -0.39 is 41.5 Å². The number of aliphatic hydroxyl groups is 3. The Balaban J connectivity index is 1.76. The highest BCUT2D eigenvalue weighted by atomic mass is 16.7. The minimum Gasteiger partial charge on any atom is -0.508 e. The van der Waals surface area contributed by atoms with E-state index in [4.69, 9.17) is 13.9 Å². The highest BCUT2D eigenvalue weighted by Crippen LogP contribution is 2.36. The van der Waals surface area contributed by atoms with Gasteiger partial charge in [0.15, 0.2) is 5.76 Å². The van der Waals surface area contributed by atoms with Gasteiger partial charge in [0.05, 0.1) is 6.61 Å². The first-order chi connectivity index (χ1) is 14.3. The molecule has 1 aromatic heterocycles. The van der Waals surface area contributed by atoms with Gasteiger partial charge in [-0.05, 0) is 24.3 Å². The van der Waals surface area contributed by atoms with Crippen molar-refractivity contribution in [3.8, 4) is 34.3 Å². The lowest BCUT2D eigenvalue weighted by molar-refractivity contribution is -0.242. The normalized spacial score (nSPS) is 24.1. The lowest BCUT2D eigenvalue weighted by Gasteiger charge is -2.34. The zero-order valence-corrected chi connectivity index (χ0v) is 15.3. The maximum Gasteiger partial charge on any atom is 0.238 e. The molecule has 3 aromatic rings. The second-order valence-electron chi connectivity index (χ2n) is 6.84. The van der Waals surface area contributed by atoms with Crippen LogP contribution in [-0.2, 0) is 4.74 Å². The summed E-state index contributed by atoms with van der Waals surface area (Å²) in [6.07, 6.45) is -5.68. The Morgan fingerprint density at radius 1 is 0.967 bits per heavy atom. The molecule has 10 heteroatoms. The number of hydrogen-bond acceptors (Lipinski definition) is 10. The van der Waals surface area contributed by atoms with Gasteiger partial charge in [-0.25, -0.2) is 0 Å². The molecule has 4 atom stereocenters. The van der Waals surface area contributed by atoms with Crippen molar-refractivity contribution in [2.24, 2.45) is 0 Å². The second kappa shape index (κ2) is 7.50. The van der Waals surface area contributed by atoms with E-state index in [1.54, 1.807) is 0 Å². The van der Waals surface area contributed by atoms with Gasteiger partial charge in [0, 0.05) is 17.7 Å². The van der Waals surface area contributed by atoms with Crippen LogP contribution < -0.4 is 10.2 Å². The first kappa shape index (κ1) is 20.0. The number of ether oxygens (including phenoxy) is 2. The fourth-order valence-corrected chi connectivity index (χ4v) is 3.16. The molecule has 2 aromatic carbocycles. The van der Waals surface area contributed by atoms with E-state index in [0.29, 0.717) is 5.56 Å². The van der Waals surface area contributed by atoms with Gasteiger partial charge >= 0.3 is 0 Å². The van der Waals surface area contributed by atoms with Crippen molar-refractivity contribution in [1.82, 2.24) is 0 Å². The number of benzene rings is 2. The van der Waals surface area contributed by atoms with Crippen molar-refractivity contribution in [3.63, 3.8) is 0 Å². The van der Waals surface area contributed by atoms with E-state index in [0.717, 1.165) is 6.07 Å². The quantitative estimate of drug-likeness (QED) is 0.350. The lowest BCUT2D eigenvalue weighted by atomic mass is 10.1. The summed E-state index contributed by atoms with van der Waals surface area (Å²) in [6, 6.07) is 7.85. The molecule has 0 aliphatic carbocycles. The van der Waals surface area contributed by atoms with Crippen LogP contribution in [0, 0.1) is 0 Å². The summed E-state index contributed by atoms with van der Waals surface area (Å²) < 4.78 is 16.2. The topological polar surface area (TPSA) is 170 Å². The number of aliphatic hydroxyl groups excluding tert-OH is 3. The van der Waals surface area contributed by atoms with E-state index in [9.17, 15) is 35.4 Å². The SMILES string of the molecule is O=c1c(O)c(-c2ccc(O)cc2)oc2cc(O[C@H]3OC[C@@H](O)[C@@H](O)[C@@H]3O)cc(O)c12. The first-order valence-electron chi connectivity index (χ1n) is 8.91. The fourth-order valence-electron chi connectivity index (χ4n) is 3.16. The van der Waals surface area contributed by atoms with Crippen LogP contribution in [0.4, 0.5) is 0 Å². The summed E-state index contributed by atoms with van der Waals surface area (Å²) in [7, 11) is 0. The average Bonchev–Trinajstić information content (AvgIpc) is 2.71. The van der Waals surface area contributed by atoms with Gasteiger partial charge in [-0.3, -0.25) is 4.79 Å². The van der Waals surface area contributed by atoms with Crippen LogP contribution in [0.15, 0.2) is 45.6 Å². The van der Waals surface area contributed by atoms with Crippen molar-refractivity contribution in [2.75, 3.05) is 6.61 Å². The van der Waals surface area contributed by atoms with Crippen LogP contribution in [-0.4, -0.2) is 61.8 Å². The summed E-state index contributed by atoms with van der Waals surface area (Å²) in [5, 5.41) is 58.9. The Kier molecular flexibility index (Phi) is 5.00. The average molecular weight is 418 g/mol. The van der Waals surface area contributed by atoms with Crippen LogP contribution in [0.1, 0.15) is 0 Å². The Labute approximate surface area is 168 Å². The maximum atomic E-state index is 12.6. The molecule has 10 nitrogen and oxygen atoms in total. The minimum absolute atomic E-state index is 0.0203. The molecule has 0 unspecified atom stereocenters. The summed E-state index contributed by atoms with van der Waals surface area (Å²) in [5.41, 5.74) is -0.698. The molecule has 0 saturated carbocycles. The molecular weight excluding hydrogens is 400 g/mol. The number of aromatic hydroxyl groups is 3. The summed E-state index contributed by atoms with van der Waals surface area (Å²) in [6.45, 7) is -0.281. The van der Waals surface area contributed by atoms with Gasteiger partial charge in [0.25, 0.3) is 0 Å².